The molecule has 76 heavy (non-hydrogen) atoms. The second kappa shape index (κ2) is 62.3. The first-order valence-corrected chi connectivity index (χ1v) is 30.1. The third kappa shape index (κ3) is 59.6. The minimum absolute atomic E-state index is 0.121. The van der Waals surface area contributed by atoms with Crippen LogP contribution >= 0.6 is 0 Å². The van der Waals surface area contributed by atoms with Crippen LogP contribution in [-0.4, -0.2) is 37.2 Å². The molecule has 0 aromatic carbocycles. The minimum Gasteiger partial charge on any atom is -0.462 e. The van der Waals surface area contributed by atoms with Gasteiger partial charge < -0.3 is 14.2 Å². The van der Waals surface area contributed by atoms with E-state index in [1.54, 1.807) is 0 Å². The molecule has 0 rings (SSSR count). The SMILES string of the molecule is CC/C=C\C/C=C\C/C=C\C/C=C\C/C=C\C/C=C\C/C=C\C/C=C\C/C=C\CCCCCCCCCC(=O)OCC(COC(=O)CCCCCCC/C=C\CCC)OC(=O)CC/C=C\C/C=C\C/C=C\C/C=C\CC. The van der Waals surface area contributed by atoms with Gasteiger partial charge in [-0.25, -0.2) is 0 Å². The van der Waals surface area contributed by atoms with Gasteiger partial charge in [0, 0.05) is 19.3 Å². The Morgan fingerprint density at radius 1 is 0.276 bits per heavy atom. The van der Waals surface area contributed by atoms with Gasteiger partial charge in [-0.15, -0.1) is 0 Å². The first kappa shape index (κ1) is 70.8. The van der Waals surface area contributed by atoms with E-state index in [-0.39, 0.29) is 31.6 Å². The minimum atomic E-state index is -0.831. The largest absolute Gasteiger partial charge is 0.462 e. The lowest BCUT2D eigenvalue weighted by Crippen LogP contribution is -2.30. The van der Waals surface area contributed by atoms with Gasteiger partial charge in [-0.05, 0) is 135 Å². The molecular weight excluding hydrogens is 937 g/mol. The second-order valence-electron chi connectivity index (χ2n) is 19.1. The highest BCUT2D eigenvalue weighted by atomic mass is 16.6. The average Bonchev–Trinajstić information content (AvgIpc) is 3.42. The number of allylic oxidation sites excluding steroid dienone is 28. The molecule has 0 aromatic rings. The normalized spacial score (nSPS) is 13.4. The number of esters is 3. The predicted molar refractivity (Wildman–Crippen MR) is 329 cm³/mol. The fourth-order valence-electron chi connectivity index (χ4n) is 7.51. The number of hydrogen-bond donors (Lipinski definition) is 0. The van der Waals surface area contributed by atoms with Gasteiger partial charge in [0.25, 0.3) is 0 Å². The van der Waals surface area contributed by atoms with E-state index in [0.29, 0.717) is 19.3 Å². The van der Waals surface area contributed by atoms with Crippen molar-refractivity contribution in [1.29, 1.82) is 0 Å². The molecule has 0 bridgehead atoms. The Balaban J connectivity index is 4.25. The Kier molecular flexibility index (Phi) is 58.0. The van der Waals surface area contributed by atoms with Gasteiger partial charge in [-0.1, -0.05) is 249 Å². The van der Waals surface area contributed by atoms with Crippen LogP contribution < -0.4 is 0 Å². The van der Waals surface area contributed by atoms with Crippen LogP contribution in [0, 0.1) is 0 Å². The summed E-state index contributed by atoms with van der Waals surface area (Å²) in [5.41, 5.74) is 0. The van der Waals surface area contributed by atoms with E-state index in [4.69, 9.17) is 14.2 Å². The zero-order valence-corrected chi connectivity index (χ0v) is 48.4. The van der Waals surface area contributed by atoms with Crippen molar-refractivity contribution in [2.45, 2.75) is 239 Å². The van der Waals surface area contributed by atoms with E-state index in [0.717, 1.165) is 154 Å². The Bertz CT molecular complexity index is 1770. The van der Waals surface area contributed by atoms with Crippen molar-refractivity contribution in [2.75, 3.05) is 13.2 Å². The second-order valence-corrected chi connectivity index (χ2v) is 19.1. The Hall–Kier alpha value is -5.23. The van der Waals surface area contributed by atoms with Gasteiger partial charge in [-0.3, -0.25) is 14.4 Å². The maximum absolute atomic E-state index is 12.8. The summed E-state index contributed by atoms with van der Waals surface area (Å²) in [5.74, 6) is -1.04. The van der Waals surface area contributed by atoms with E-state index in [1.807, 2.05) is 12.2 Å². The lowest BCUT2D eigenvalue weighted by atomic mass is 10.1. The molecule has 0 aliphatic rings. The van der Waals surface area contributed by atoms with Gasteiger partial charge in [0.05, 0.1) is 0 Å². The summed E-state index contributed by atoms with van der Waals surface area (Å²) in [5, 5.41) is 0. The monoisotopic (exact) mass is 1040 g/mol. The molecule has 6 heteroatoms. The number of carbonyl (C=O) groups is 3. The highest BCUT2D eigenvalue weighted by Gasteiger charge is 2.19. The molecule has 0 saturated heterocycles. The molecule has 1 atom stereocenters. The van der Waals surface area contributed by atoms with Gasteiger partial charge in [0.15, 0.2) is 6.10 Å². The number of hydrogen-bond acceptors (Lipinski definition) is 6. The average molecular weight is 1050 g/mol. The van der Waals surface area contributed by atoms with Crippen molar-refractivity contribution in [3.05, 3.63) is 170 Å². The van der Waals surface area contributed by atoms with Crippen LogP contribution in [0.1, 0.15) is 233 Å². The molecule has 0 N–H and O–H groups in total. The summed E-state index contributed by atoms with van der Waals surface area (Å²) in [4.78, 5) is 38.0. The molecule has 0 aromatic heterocycles. The maximum Gasteiger partial charge on any atom is 0.306 e. The summed E-state index contributed by atoms with van der Waals surface area (Å²) in [6.45, 7) is 6.24. The van der Waals surface area contributed by atoms with Crippen LogP contribution in [0.2, 0.25) is 0 Å². The van der Waals surface area contributed by atoms with Crippen LogP contribution in [0.5, 0.6) is 0 Å². The summed E-state index contributed by atoms with van der Waals surface area (Å²) in [6, 6.07) is 0. The standard InChI is InChI=1S/C70H108O6/c1-4-7-10-13-16-19-22-24-25-26-27-28-29-30-31-32-33-34-35-36-37-38-39-40-41-42-43-44-45-47-48-51-54-57-60-63-69(72)75-66-67(65-74-68(71)62-59-56-53-50-21-18-15-12-9-6-3)76-70(73)64-61-58-55-52-49-46-23-20-17-14-11-8-5-2/h7-8,10-12,15-17,19-20,24-25,27-28,30-31,33-34,36-37,39-40,42-43,46,49,55,58,67H,4-6,9,13-14,18,21-23,26,29,32,35,38,41,44-45,47-48,50-54,56-57,59-66H2,1-3H3/b10-7-,11-8-,15-12-,19-16-,20-17-,25-24-,28-27-,31-30-,34-33-,37-36-,40-39-,43-42-,49-46-,58-55-. The van der Waals surface area contributed by atoms with E-state index in [2.05, 4.69) is 179 Å². The molecule has 0 aliphatic carbocycles. The Morgan fingerprint density at radius 3 is 0.868 bits per heavy atom. The fourth-order valence-corrected chi connectivity index (χ4v) is 7.51. The number of unbranched alkanes of at least 4 members (excludes halogenated alkanes) is 13. The molecule has 0 spiro atoms. The molecule has 0 fully saturated rings. The molecule has 0 amide bonds. The maximum atomic E-state index is 12.8. The molecule has 0 aliphatic heterocycles. The lowest BCUT2D eigenvalue weighted by Gasteiger charge is -2.18. The third-order valence-electron chi connectivity index (χ3n) is 11.9. The van der Waals surface area contributed by atoms with Crippen molar-refractivity contribution in [1.82, 2.24) is 0 Å². The van der Waals surface area contributed by atoms with Gasteiger partial charge >= 0.3 is 17.9 Å². The van der Waals surface area contributed by atoms with Crippen LogP contribution in [0.25, 0.3) is 0 Å². The van der Waals surface area contributed by atoms with Gasteiger partial charge in [0.1, 0.15) is 13.2 Å². The zero-order chi connectivity index (χ0) is 55.0. The van der Waals surface area contributed by atoms with Crippen molar-refractivity contribution in [3.8, 4) is 0 Å². The predicted octanol–water partition coefficient (Wildman–Crippen LogP) is 20.7. The molecule has 424 valence electrons. The third-order valence-corrected chi connectivity index (χ3v) is 11.9. The number of carbonyl (C=O) groups excluding carboxylic acids is 3. The van der Waals surface area contributed by atoms with E-state index >= 15 is 0 Å². The van der Waals surface area contributed by atoms with Crippen LogP contribution in [0.15, 0.2) is 170 Å². The van der Waals surface area contributed by atoms with Gasteiger partial charge in [0.2, 0.25) is 0 Å². The Morgan fingerprint density at radius 2 is 0.539 bits per heavy atom. The van der Waals surface area contributed by atoms with E-state index in [1.165, 1.54) is 32.1 Å². The highest BCUT2D eigenvalue weighted by molar-refractivity contribution is 5.71. The van der Waals surface area contributed by atoms with E-state index < -0.39 is 12.1 Å². The van der Waals surface area contributed by atoms with Crippen LogP contribution in [0.4, 0.5) is 0 Å². The van der Waals surface area contributed by atoms with Crippen molar-refractivity contribution in [2.24, 2.45) is 0 Å². The summed E-state index contributed by atoms with van der Waals surface area (Å²) < 4.78 is 16.7. The summed E-state index contributed by atoms with van der Waals surface area (Å²) in [6.07, 6.45) is 92.4. The molecule has 1 unspecified atom stereocenters. The topological polar surface area (TPSA) is 78.9 Å². The summed E-state index contributed by atoms with van der Waals surface area (Å²) >= 11 is 0. The van der Waals surface area contributed by atoms with Crippen LogP contribution in [-0.2, 0) is 28.6 Å². The van der Waals surface area contributed by atoms with Gasteiger partial charge in [-0.2, -0.15) is 0 Å². The van der Waals surface area contributed by atoms with Crippen molar-refractivity contribution < 1.29 is 28.6 Å². The lowest BCUT2D eigenvalue weighted by molar-refractivity contribution is -0.166. The molecular formula is C70H108O6. The number of rotatable bonds is 52. The highest BCUT2D eigenvalue weighted by Crippen LogP contribution is 2.13. The number of ether oxygens (including phenoxy) is 3. The summed E-state index contributed by atoms with van der Waals surface area (Å²) in [7, 11) is 0. The first-order valence-electron chi connectivity index (χ1n) is 30.1. The molecule has 0 radical (unpaired) electrons. The van der Waals surface area contributed by atoms with Crippen molar-refractivity contribution >= 4 is 17.9 Å². The first-order chi connectivity index (χ1) is 37.5. The van der Waals surface area contributed by atoms with Crippen LogP contribution in [0.3, 0.4) is 0 Å². The van der Waals surface area contributed by atoms with E-state index in [9.17, 15) is 14.4 Å². The van der Waals surface area contributed by atoms with Crippen molar-refractivity contribution in [3.63, 3.8) is 0 Å². The quantitative estimate of drug-likeness (QED) is 0.0261. The Labute approximate surface area is 466 Å². The molecule has 0 heterocycles. The zero-order valence-electron chi connectivity index (χ0n) is 48.4. The molecule has 6 nitrogen and oxygen atoms in total. The molecule has 0 saturated carbocycles. The fraction of sp³-hybridized carbons (Fsp3) is 0.557. The smallest absolute Gasteiger partial charge is 0.306 e.